The number of hydrogen-bond donors (Lipinski definition) is 0. The van der Waals surface area contributed by atoms with Gasteiger partial charge in [0.15, 0.2) is 5.76 Å². The highest BCUT2D eigenvalue weighted by atomic mass is 35.5. The van der Waals surface area contributed by atoms with Crippen molar-refractivity contribution in [2.45, 2.75) is 25.8 Å². The van der Waals surface area contributed by atoms with Crippen LogP contribution in [0.4, 0.5) is 0 Å². The predicted molar refractivity (Wildman–Crippen MR) is 85.3 cm³/mol. The van der Waals surface area contributed by atoms with Crippen molar-refractivity contribution < 1.29 is 4.42 Å². The Kier molecular flexibility index (Phi) is 4.47. The summed E-state index contributed by atoms with van der Waals surface area (Å²) < 4.78 is 5.92. The Balaban J connectivity index is 1.71. The van der Waals surface area contributed by atoms with Gasteiger partial charge in [0.25, 0.3) is 0 Å². The van der Waals surface area contributed by atoms with E-state index >= 15 is 0 Å². The average Bonchev–Trinajstić information content (AvgIpc) is 3.05. The minimum absolute atomic E-state index is 0.126. The first-order valence-corrected chi connectivity index (χ1v) is 7.90. The number of piperidine rings is 1. The highest BCUT2D eigenvalue weighted by Gasteiger charge is 2.26. The lowest BCUT2D eigenvalue weighted by Crippen LogP contribution is -2.35. The van der Waals surface area contributed by atoms with Crippen LogP contribution in [0.25, 0.3) is 11.3 Å². The second-order valence-corrected chi connectivity index (χ2v) is 6.12. The Hall–Kier alpha value is -1.83. The van der Waals surface area contributed by atoms with E-state index in [0.29, 0.717) is 5.02 Å². The summed E-state index contributed by atoms with van der Waals surface area (Å²) in [6.45, 7) is 3.93. The van der Waals surface area contributed by atoms with Gasteiger partial charge in [0.1, 0.15) is 0 Å². The van der Waals surface area contributed by atoms with Crippen molar-refractivity contribution in [3.05, 3.63) is 41.4 Å². The molecule has 2 heterocycles. The zero-order valence-electron chi connectivity index (χ0n) is 12.5. The molecule has 2 aromatic rings. The summed E-state index contributed by atoms with van der Waals surface area (Å²) in [7, 11) is 0. The number of likely N-dealkylation sites (tertiary alicyclic amines) is 1. The van der Waals surface area contributed by atoms with Gasteiger partial charge in [-0.05, 0) is 44.0 Å². The SMILES string of the molecule is CC(c1ncc(-c2ccc(Cl)cc2)o1)N1CCC(C#N)CC1. The van der Waals surface area contributed by atoms with Crippen LogP contribution in [0.3, 0.4) is 0 Å². The van der Waals surface area contributed by atoms with E-state index in [2.05, 4.69) is 22.9 Å². The van der Waals surface area contributed by atoms with Crippen molar-refractivity contribution in [3.8, 4) is 17.4 Å². The maximum Gasteiger partial charge on any atom is 0.211 e. The minimum atomic E-state index is 0.126. The highest BCUT2D eigenvalue weighted by molar-refractivity contribution is 6.30. The zero-order valence-corrected chi connectivity index (χ0v) is 13.3. The van der Waals surface area contributed by atoms with Crippen LogP contribution >= 0.6 is 11.6 Å². The molecule has 0 N–H and O–H groups in total. The summed E-state index contributed by atoms with van der Waals surface area (Å²) in [6.07, 6.45) is 3.61. The van der Waals surface area contributed by atoms with E-state index in [1.165, 1.54) is 0 Å². The first-order chi connectivity index (χ1) is 10.7. The molecule has 22 heavy (non-hydrogen) atoms. The van der Waals surface area contributed by atoms with E-state index in [1.807, 2.05) is 24.3 Å². The Morgan fingerprint density at radius 2 is 2.00 bits per heavy atom. The lowest BCUT2D eigenvalue weighted by molar-refractivity contribution is 0.138. The first kappa shape index (κ1) is 15.1. The van der Waals surface area contributed by atoms with E-state index in [4.69, 9.17) is 21.3 Å². The summed E-state index contributed by atoms with van der Waals surface area (Å²) in [6, 6.07) is 10.0. The fraction of sp³-hybridized carbons (Fsp3) is 0.412. The van der Waals surface area contributed by atoms with E-state index in [9.17, 15) is 0 Å². The van der Waals surface area contributed by atoms with E-state index in [-0.39, 0.29) is 12.0 Å². The van der Waals surface area contributed by atoms with Crippen LogP contribution < -0.4 is 0 Å². The second-order valence-electron chi connectivity index (χ2n) is 5.68. The number of nitrogens with zero attached hydrogens (tertiary/aromatic N) is 3. The fourth-order valence-corrected chi connectivity index (χ4v) is 2.93. The minimum Gasteiger partial charge on any atom is -0.439 e. The molecular weight excluding hydrogens is 298 g/mol. The molecule has 1 atom stereocenters. The molecule has 5 heteroatoms. The number of halogens is 1. The van der Waals surface area contributed by atoms with Gasteiger partial charge in [0.05, 0.1) is 18.3 Å². The van der Waals surface area contributed by atoms with Gasteiger partial charge >= 0.3 is 0 Å². The lowest BCUT2D eigenvalue weighted by Gasteiger charge is -2.32. The largest absolute Gasteiger partial charge is 0.439 e. The molecule has 1 aromatic carbocycles. The number of nitriles is 1. The third-order valence-corrected chi connectivity index (χ3v) is 4.52. The maximum absolute atomic E-state index is 8.97. The van der Waals surface area contributed by atoms with Gasteiger partial charge in [0, 0.05) is 29.6 Å². The molecule has 1 aliphatic heterocycles. The molecule has 1 fully saturated rings. The molecule has 0 spiro atoms. The molecule has 4 nitrogen and oxygen atoms in total. The van der Waals surface area contributed by atoms with Gasteiger partial charge in [-0.1, -0.05) is 11.6 Å². The van der Waals surface area contributed by atoms with Gasteiger partial charge in [0.2, 0.25) is 5.89 Å². The van der Waals surface area contributed by atoms with Gasteiger partial charge in [-0.2, -0.15) is 5.26 Å². The first-order valence-electron chi connectivity index (χ1n) is 7.52. The molecule has 0 aliphatic carbocycles. The van der Waals surface area contributed by atoms with Crippen molar-refractivity contribution in [1.82, 2.24) is 9.88 Å². The van der Waals surface area contributed by atoms with Crippen LogP contribution in [0.2, 0.25) is 5.02 Å². The molecule has 1 aliphatic rings. The lowest BCUT2D eigenvalue weighted by atomic mass is 9.97. The quantitative estimate of drug-likeness (QED) is 0.847. The third-order valence-electron chi connectivity index (χ3n) is 4.27. The molecule has 114 valence electrons. The molecule has 1 saturated heterocycles. The van der Waals surface area contributed by atoms with Crippen molar-refractivity contribution in [2.75, 3.05) is 13.1 Å². The molecule has 0 amide bonds. The van der Waals surface area contributed by atoms with Crippen LogP contribution in [-0.4, -0.2) is 23.0 Å². The Bertz CT molecular complexity index is 666. The third kappa shape index (κ3) is 3.16. The molecule has 1 aromatic heterocycles. The average molecular weight is 316 g/mol. The molecule has 0 bridgehead atoms. The van der Waals surface area contributed by atoms with E-state index in [0.717, 1.165) is 43.1 Å². The van der Waals surface area contributed by atoms with E-state index in [1.54, 1.807) is 6.20 Å². The molecule has 0 radical (unpaired) electrons. The van der Waals surface area contributed by atoms with Crippen molar-refractivity contribution in [1.29, 1.82) is 5.26 Å². The summed E-state index contributed by atoms with van der Waals surface area (Å²) >= 11 is 5.90. The summed E-state index contributed by atoms with van der Waals surface area (Å²) in [5.74, 6) is 1.67. The van der Waals surface area contributed by atoms with Crippen molar-refractivity contribution in [3.63, 3.8) is 0 Å². The predicted octanol–water partition coefficient (Wildman–Crippen LogP) is 4.29. The van der Waals surface area contributed by atoms with E-state index < -0.39 is 0 Å². The van der Waals surface area contributed by atoms with Gasteiger partial charge in [-0.15, -0.1) is 0 Å². The monoisotopic (exact) mass is 315 g/mol. The van der Waals surface area contributed by atoms with Gasteiger partial charge in [-0.3, -0.25) is 4.90 Å². The van der Waals surface area contributed by atoms with Crippen LogP contribution in [-0.2, 0) is 0 Å². The second kappa shape index (κ2) is 6.51. The number of oxazole rings is 1. The van der Waals surface area contributed by atoms with Crippen molar-refractivity contribution in [2.24, 2.45) is 5.92 Å². The Morgan fingerprint density at radius 3 is 2.64 bits per heavy atom. The standard InChI is InChI=1S/C17H18ClN3O/c1-12(21-8-6-13(10-19)7-9-21)17-20-11-16(22-17)14-2-4-15(18)5-3-14/h2-5,11-13H,6-9H2,1H3. The molecule has 0 saturated carbocycles. The molecular formula is C17H18ClN3O. The van der Waals surface area contributed by atoms with Crippen LogP contribution in [0.5, 0.6) is 0 Å². The number of hydrogen-bond acceptors (Lipinski definition) is 4. The Morgan fingerprint density at radius 1 is 1.32 bits per heavy atom. The number of benzene rings is 1. The topological polar surface area (TPSA) is 53.1 Å². The summed E-state index contributed by atoms with van der Waals surface area (Å²) in [4.78, 5) is 6.75. The fourth-order valence-electron chi connectivity index (χ4n) is 2.80. The van der Waals surface area contributed by atoms with Crippen molar-refractivity contribution >= 4 is 11.6 Å². The van der Waals surface area contributed by atoms with Crippen LogP contribution in [0, 0.1) is 17.2 Å². The molecule has 1 unspecified atom stereocenters. The number of rotatable bonds is 3. The van der Waals surface area contributed by atoms with Crippen LogP contribution in [0.1, 0.15) is 31.7 Å². The van der Waals surface area contributed by atoms with Gasteiger partial charge < -0.3 is 4.42 Å². The smallest absolute Gasteiger partial charge is 0.211 e. The highest BCUT2D eigenvalue weighted by Crippen LogP contribution is 2.29. The summed E-state index contributed by atoms with van der Waals surface area (Å²) in [5.41, 5.74) is 0.971. The Labute approximate surface area is 135 Å². The summed E-state index contributed by atoms with van der Waals surface area (Å²) in [5, 5.41) is 9.68. The number of aromatic nitrogens is 1. The van der Waals surface area contributed by atoms with Crippen LogP contribution in [0.15, 0.2) is 34.9 Å². The zero-order chi connectivity index (χ0) is 15.5. The molecule has 3 rings (SSSR count). The maximum atomic E-state index is 8.97. The van der Waals surface area contributed by atoms with Gasteiger partial charge in [-0.25, -0.2) is 4.98 Å². The normalized spacial score (nSPS) is 18.0.